The first-order valence-corrected chi connectivity index (χ1v) is 7.51. The molecule has 0 aromatic carbocycles. The summed E-state index contributed by atoms with van der Waals surface area (Å²) in [5.41, 5.74) is 0.414. The van der Waals surface area contributed by atoms with Crippen molar-refractivity contribution < 1.29 is 5.11 Å². The topological polar surface area (TPSA) is 20.2 Å². The second-order valence-corrected chi connectivity index (χ2v) is 6.97. The fourth-order valence-electron chi connectivity index (χ4n) is 2.61. The van der Waals surface area contributed by atoms with Crippen LogP contribution < -0.4 is 0 Å². The zero-order valence-corrected chi connectivity index (χ0v) is 11.4. The predicted molar refractivity (Wildman–Crippen MR) is 69.3 cm³/mol. The van der Waals surface area contributed by atoms with Crippen LogP contribution in [0, 0.1) is 17.3 Å². The molecule has 0 spiro atoms. The highest BCUT2D eigenvalue weighted by Crippen LogP contribution is 2.41. The molecule has 1 saturated carbocycles. The number of hydrogen-bond acceptors (Lipinski definition) is 2. The molecule has 3 unspecified atom stereocenters. The van der Waals surface area contributed by atoms with E-state index in [4.69, 9.17) is 0 Å². The smallest absolute Gasteiger partial charge is 0.0568 e. The lowest BCUT2D eigenvalue weighted by Gasteiger charge is -2.40. The van der Waals surface area contributed by atoms with Gasteiger partial charge in [0, 0.05) is 0 Å². The number of hydrogen-bond donors (Lipinski definition) is 1. The summed E-state index contributed by atoms with van der Waals surface area (Å²) in [5, 5.41) is 9.97. The Labute approximate surface area is 99.0 Å². The Morgan fingerprint density at radius 1 is 1.27 bits per heavy atom. The Hall–Kier alpha value is 0.310. The maximum atomic E-state index is 9.97. The van der Waals surface area contributed by atoms with Crippen molar-refractivity contribution in [2.45, 2.75) is 52.6 Å². The van der Waals surface area contributed by atoms with Crippen molar-refractivity contribution in [2.75, 3.05) is 12.0 Å². The highest BCUT2D eigenvalue weighted by molar-refractivity contribution is 7.98. The lowest BCUT2D eigenvalue weighted by atomic mass is 9.67. The molecule has 3 atom stereocenters. The van der Waals surface area contributed by atoms with Crippen molar-refractivity contribution in [3.63, 3.8) is 0 Å². The van der Waals surface area contributed by atoms with Crippen molar-refractivity contribution in [3.8, 4) is 0 Å². The van der Waals surface area contributed by atoms with Crippen LogP contribution in [0.3, 0.4) is 0 Å². The maximum Gasteiger partial charge on any atom is 0.0568 e. The van der Waals surface area contributed by atoms with E-state index in [2.05, 4.69) is 27.0 Å². The highest BCUT2D eigenvalue weighted by Gasteiger charge is 2.34. The Morgan fingerprint density at radius 3 is 2.47 bits per heavy atom. The average molecular weight is 230 g/mol. The summed E-state index contributed by atoms with van der Waals surface area (Å²) in [6.07, 6.45) is 6.76. The number of thioether (sulfide) groups is 1. The van der Waals surface area contributed by atoms with E-state index < -0.39 is 0 Å². The van der Waals surface area contributed by atoms with Gasteiger partial charge in [0.1, 0.15) is 0 Å². The van der Waals surface area contributed by atoms with Crippen molar-refractivity contribution in [3.05, 3.63) is 0 Å². The van der Waals surface area contributed by atoms with E-state index in [1.807, 2.05) is 11.8 Å². The van der Waals surface area contributed by atoms with Crippen LogP contribution in [-0.4, -0.2) is 23.2 Å². The van der Waals surface area contributed by atoms with E-state index in [0.29, 0.717) is 11.3 Å². The number of aliphatic hydroxyl groups is 1. The molecule has 0 heterocycles. The molecule has 1 aliphatic rings. The Kier molecular flexibility index (Phi) is 4.98. The van der Waals surface area contributed by atoms with Gasteiger partial charge in [0.2, 0.25) is 0 Å². The lowest BCUT2D eigenvalue weighted by molar-refractivity contribution is 0.0184. The van der Waals surface area contributed by atoms with Crippen molar-refractivity contribution in [1.82, 2.24) is 0 Å². The first-order valence-electron chi connectivity index (χ1n) is 6.12. The molecular formula is C13H26OS. The van der Waals surface area contributed by atoms with Gasteiger partial charge in [-0.3, -0.25) is 0 Å². The van der Waals surface area contributed by atoms with E-state index in [-0.39, 0.29) is 6.10 Å². The van der Waals surface area contributed by atoms with Gasteiger partial charge >= 0.3 is 0 Å². The monoisotopic (exact) mass is 230 g/mol. The van der Waals surface area contributed by atoms with Crippen molar-refractivity contribution in [1.29, 1.82) is 0 Å². The second kappa shape index (κ2) is 5.58. The van der Waals surface area contributed by atoms with E-state index in [0.717, 1.165) is 12.3 Å². The maximum absolute atomic E-state index is 9.97. The fourth-order valence-corrected chi connectivity index (χ4v) is 3.15. The third-order valence-electron chi connectivity index (χ3n) is 3.86. The Morgan fingerprint density at radius 2 is 1.93 bits per heavy atom. The molecule has 1 nitrogen and oxygen atoms in total. The first kappa shape index (κ1) is 13.4. The van der Waals surface area contributed by atoms with Gasteiger partial charge in [-0.05, 0) is 54.9 Å². The molecule has 0 amide bonds. The zero-order valence-electron chi connectivity index (χ0n) is 10.6. The van der Waals surface area contributed by atoms with E-state index in [1.165, 1.54) is 25.0 Å². The summed E-state index contributed by atoms with van der Waals surface area (Å²) < 4.78 is 0. The Bertz CT molecular complexity index is 185. The summed E-state index contributed by atoms with van der Waals surface area (Å²) in [4.78, 5) is 0. The van der Waals surface area contributed by atoms with Crippen LogP contribution in [0.1, 0.15) is 46.5 Å². The third kappa shape index (κ3) is 3.99. The van der Waals surface area contributed by atoms with Gasteiger partial charge in [0.05, 0.1) is 6.10 Å². The van der Waals surface area contributed by atoms with Crippen LogP contribution >= 0.6 is 11.8 Å². The molecule has 0 radical (unpaired) electrons. The highest BCUT2D eigenvalue weighted by atomic mass is 32.2. The SMILES string of the molecule is CSCCC1CC(C(C)(C)C)CCC1O. The normalized spacial score (nSPS) is 33.0. The van der Waals surface area contributed by atoms with Gasteiger partial charge in [-0.2, -0.15) is 11.8 Å². The van der Waals surface area contributed by atoms with E-state index in [9.17, 15) is 5.11 Å². The second-order valence-electron chi connectivity index (χ2n) is 5.98. The molecule has 0 bridgehead atoms. The summed E-state index contributed by atoms with van der Waals surface area (Å²) in [5.74, 6) is 2.54. The van der Waals surface area contributed by atoms with Crippen LogP contribution in [0.15, 0.2) is 0 Å². The Balaban J connectivity index is 2.48. The molecule has 90 valence electrons. The van der Waals surface area contributed by atoms with Gasteiger partial charge in [-0.25, -0.2) is 0 Å². The van der Waals surface area contributed by atoms with Gasteiger partial charge < -0.3 is 5.11 Å². The summed E-state index contributed by atoms with van der Waals surface area (Å²) >= 11 is 1.89. The van der Waals surface area contributed by atoms with Gasteiger partial charge in [-0.15, -0.1) is 0 Å². The van der Waals surface area contributed by atoms with Crippen LogP contribution in [0.25, 0.3) is 0 Å². The van der Waals surface area contributed by atoms with Crippen LogP contribution in [0.2, 0.25) is 0 Å². The summed E-state index contributed by atoms with van der Waals surface area (Å²) in [7, 11) is 0. The molecule has 2 heteroatoms. The predicted octanol–water partition coefficient (Wildman–Crippen LogP) is 3.56. The standard InChI is InChI=1S/C13H26OS/c1-13(2,3)11-5-6-12(14)10(9-11)7-8-15-4/h10-12,14H,5-9H2,1-4H3. The summed E-state index contributed by atoms with van der Waals surface area (Å²) in [6, 6.07) is 0. The van der Waals surface area contributed by atoms with E-state index >= 15 is 0 Å². The molecule has 0 aliphatic heterocycles. The lowest BCUT2D eigenvalue weighted by Crippen LogP contribution is -2.34. The number of rotatable bonds is 3. The molecular weight excluding hydrogens is 204 g/mol. The minimum Gasteiger partial charge on any atom is -0.393 e. The molecule has 1 fully saturated rings. The summed E-state index contributed by atoms with van der Waals surface area (Å²) in [6.45, 7) is 7.00. The molecule has 0 saturated heterocycles. The quantitative estimate of drug-likeness (QED) is 0.800. The van der Waals surface area contributed by atoms with Crippen LogP contribution in [0.4, 0.5) is 0 Å². The average Bonchev–Trinajstić information content (AvgIpc) is 2.15. The fraction of sp³-hybridized carbons (Fsp3) is 1.00. The minimum atomic E-state index is -0.0317. The molecule has 0 aromatic heterocycles. The van der Waals surface area contributed by atoms with Crippen molar-refractivity contribution >= 4 is 11.8 Å². The van der Waals surface area contributed by atoms with Gasteiger partial charge in [-0.1, -0.05) is 20.8 Å². The van der Waals surface area contributed by atoms with E-state index in [1.54, 1.807) is 0 Å². The van der Waals surface area contributed by atoms with Crippen molar-refractivity contribution in [2.24, 2.45) is 17.3 Å². The van der Waals surface area contributed by atoms with Gasteiger partial charge in [0.15, 0.2) is 0 Å². The molecule has 0 aromatic rings. The molecule has 1 rings (SSSR count). The third-order valence-corrected chi connectivity index (χ3v) is 4.50. The first-order chi connectivity index (χ1) is 6.95. The molecule has 15 heavy (non-hydrogen) atoms. The zero-order chi connectivity index (χ0) is 11.5. The van der Waals surface area contributed by atoms with Crippen LogP contribution in [-0.2, 0) is 0 Å². The van der Waals surface area contributed by atoms with Gasteiger partial charge in [0.25, 0.3) is 0 Å². The number of aliphatic hydroxyl groups excluding tert-OH is 1. The molecule has 1 N–H and O–H groups in total. The van der Waals surface area contributed by atoms with Crippen LogP contribution in [0.5, 0.6) is 0 Å². The largest absolute Gasteiger partial charge is 0.393 e. The minimum absolute atomic E-state index is 0.0317. The molecule has 1 aliphatic carbocycles.